The summed E-state index contributed by atoms with van der Waals surface area (Å²) in [5.41, 5.74) is 0. The van der Waals surface area contributed by atoms with Gasteiger partial charge < -0.3 is 9.47 Å². The van der Waals surface area contributed by atoms with E-state index < -0.39 is 16.6 Å². The van der Waals surface area contributed by atoms with Crippen molar-refractivity contribution in [3.63, 3.8) is 0 Å². The van der Waals surface area contributed by atoms with Crippen molar-refractivity contribution < 1.29 is 26.7 Å². The Morgan fingerprint density at radius 2 is 1.57 bits per heavy atom. The Morgan fingerprint density at radius 1 is 0.929 bits per heavy atom. The number of alkyl halides is 2. The molecule has 0 saturated carbocycles. The number of hydrogen-bond donors (Lipinski definition) is 0. The van der Waals surface area contributed by atoms with Crippen LogP contribution >= 0.6 is 0 Å². The van der Waals surface area contributed by atoms with Gasteiger partial charge in [-0.15, -0.1) is 0 Å². The highest BCUT2D eigenvalue weighted by Crippen LogP contribution is 2.28. The van der Waals surface area contributed by atoms with Crippen molar-refractivity contribution >= 4 is 10.0 Å². The van der Waals surface area contributed by atoms with Crippen LogP contribution < -0.4 is 9.47 Å². The zero-order valence-corrected chi connectivity index (χ0v) is 16.0. The standard InChI is InChI=1S/C19H22F2N2O4S/c20-19(21)27-17-8-4-5-9-18(17)28(24,25)23-12-10-22(11-13-23)14-15-26-16-6-2-1-3-7-16/h1-9,19H,10-15H2. The molecule has 1 saturated heterocycles. The van der Waals surface area contributed by atoms with Crippen LogP contribution in [0.4, 0.5) is 8.78 Å². The fraction of sp³-hybridized carbons (Fsp3) is 0.368. The number of benzene rings is 2. The molecule has 1 aliphatic heterocycles. The van der Waals surface area contributed by atoms with Gasteiger partial charge in [0, 0.05) is 32.7 Å². The highest BCUT2D eigenvalue weighted by molar-refractivity contribution is 7.89. The largest absolute Gasteiger partial charge is 0.492 e. The van der Waals surface area contributed by atoms with E-state index in [9.17, 15) is 17.2 Å². The van der Waals surface area contributed by atoms with Gasteiger partial charge in [-0.25, -0.2) is 8.42 Å². The van der Waals surface area contributed by atoms with E-state index >= 15 is 0 Å². The number of nitrogens with zero attached hydrogens (tertiary/aromatic N) is 2. The highest BCUT2D eigenvalue weighted by atomic mass is 32.2. The molecule has 1 fully saturated rings. The van der Waals surface area contributed by atoms with Crippen LogP contribution in [0.15, 0.2) is 59.5 Å². The number of sulfonamides is 1. The summed E-state index contributed by atoms with van der Waals surface area (Å²) in [5, 5.41) is 0. The number of halogens is 2. The first-order chi connectivity index (χ1) is 13.5. The van der Waals surface area contributed by atoms with Gasteiger partial charge in [0.05, 0.1) is 0 Å². The van der Waals surface area contributed by atoms with Crippen molar-refractivity contribution in [3.8, 4) is 11.5 Å². The second-order valence-electron chi connectivity index (χ2n) is 6.23. The highest BCUT2D eigenvalue weighted by Gasteiger charge is 2.31. The predicted molar refractivity (Wildman–Crippen MR) is 100 cm³/mol. The van der Waals surface area contributed by atoms with E-state index in [0.29, 0.717) is 26.2 Å². The minimum Gasteiger partial charge on any atom is -0.492 e. The van der Waals surface area contributed by atoms with E-state index in [4.69, 9.17) is 4.74 Å². The van der Waals surface area contributed by atoms with Crippen LogP contribution in [0.1, 0.15) is 0 Å². The number of rotatable bonds is 8. The predicted octanol–water partition coefficient (Wildman–Crippen LogP) is 2.67. The minimum atomic E-state index is -3.91. The van der Waals surface area contributed by atoms with Gasteiger partial charge in [0.2, 0.25) is 10.0 Å². The topological polar surface area (TPSA) is 59.1 Å². The Hall–Kier alpha value is -2.23. The minimum absolute atomic E-state index is 0.240. The van der Waals surface area contributed by atoms with Crippen LogP contribution in [-0.2, 0) is 10.0 Å². The molecule has 0 spiro atoms. The van der Waals surface area contributed by atoms with Gasteiger partial charge in [-0.1, -0.05) is 30.3 Å². The van der Waals surface area contributed by atoms with Crippen LogP contribution in [-0.4, -0.2) is 63.6 Å². The molecule has 0 aromatic heterocycles. The summed E-state index contributed by atoms with van der Waals surface area (Å²) in [5.74, 6) is 0.454. The molecule has 3 rings (SSSR count). The monoisotopic (exact) mass is 412 g/mol. The maximum atomic E-state index is 12.9. The van der Waals surface area contributed by atoms with E-state index in [0.717, 1.165) is 5.75 Å². The molecule has 0 atom stereocenters. The lowest BCUT2D eigenvalue weighted by Gasteiger charge is -2.34. The number of hydrogen-bond acceptors (Lipinski definition) is 5. The van der Waals surface area contributed by atoms with Gasteiger partial charge in [-0.3, -0.25) is 4.90 Å². The third-order valence-corrected chi connectivity index (χ3v) is 6.37. The second-order valence-corrected chi connectivity index (χ2v) is 8.14. The summed E-state index contributed by atoms with van der Waals surface area (Å²) in [6.45, 7) is -0.286. The Morgan fingerprint density at radius 3 is 2.25 bits per heavy atom. The molecular weight excluding hydrogens is 390 g/mol. The lowest BCUT2D eigenvalue weighted by Crippen LogP contribution is -2.49. The molecule has 0 amide bonds. The van der Waals surface area contributed by atoms with Gasteiger partial charge in [-0.2, -0.15) is 13.1 Å². The number of piperazine rings is 1. The van der Waals surface area contributed by atoms with E-state index in [-0.39, 0.29) is 23.7 Å². The lowest BCUT2D eigenvalue weighted by atomic mass is 10.3. The van der Waals surface area contributed by atoms with Crippen LogP contribution in [0.5, 0.6) is 11.5 Å². The number of ether oxygens (including phenoxy) is 2. The molecule has 2 aromatic rings. The fourth-order valence-electron chi connectivity index (χ4n) is 3.00. The van der Waals surface area contributed by atoms with Gasteiger partial charge in [0.25, 0.3) is 0 Å². The van der Waals surface area contributed by atoms with Crippen molar-refractivity contribution in [1.82, 2.24) is 9.21 Å². The maximum absolute atomic E-state index is 12.9. The van der Waals surface area contributed by atoms with E-state index in [2.05, 4.69) is 9.64 Å². The normalized spacial score (nSPS) is 16.2. The molecule has 0 radical (unpaired) electrons. The van der Waals surface area contributed by atoms with Crippen LogP contribution in [0.2, 0.25) is 0 Å². The molecule has 152 valence electrons. The van der Waals surface area contributed by atoms with Gasteiger partial charge >= 0.3 is 6.61 Å². The second kappa shape index (κ2) is 9.31. The Bertz CT molecular complexity index is 857. The zero-order chi connectivity index (χ0) is 20.0. The molecule has 28 heavy (non-hydrogen) atoms. The van der Waals surface area contributed by atoms with E-state index in [1.54, 1.807) is 0 Å². The van der Waals surface area contributed by atoms with Gasteiger partial charge in [-0.05, 0) is 24.3 Å². The first kappa shape index (κ1) is 20.5. The Labute approximate surface area is 163 Å². The van der Waals surface area contributed by atoms with Crippen LogP contribution in [0, 0.1) is 0 Å². The molecule has 0 N–H and O–H groups in total. The molecule has 6 nitrogen and oxygen atoms in total. The zero-order valence-electron chi connectivity index (χ0n) is 15.2. The van der Waals surface area contributed by atoms with Crippen LogP contribution in [0.25, 0.3) is 0 Å². The average Bonchev–Trinajstić information content (AvgIpc) is 2.69. The molecule has 2 aromatic carbocycles. The summed E-state index contributed by atoms with van der Waals surface area (Å²) >= 11 is 0. The van der Waals surface area contributed by atoms with Crippen LogP contribution in [0.3, 0.4) is 0 Å². The fourth-order valence-corrected chi connectivity index (χ4v) is 4.54. The summed E-state index contributed by atoms with van der Waals surface area (Å²) in [7, 11) is -3.91. The third-order valence-electron chi connectivity index (χ3n) is 4.43. The van der Waals surface area contributed by atoms with Crippen molar-refractivity contribution in [3.05, 3.63) is 54.6 Å². The molecule has 0 bridgehead atoms. The lowest BCUT2D eigenvalue weighted by molar-refractivity contribution is -0.0518. The quantitative estimate of drug-likeness (QED) is 0.667. The van der Waals surface area contributed by atoms with Crippen molar-refractivity contribution in [1.29, 1.82) is 0 Å². The van der Waals surface area contributed by atoms with E-state index in [1.165, 1.54) is 28.6 Å². The third kappa shape index (κ3) is 5.18. The molecular formula is C19H22F2N2O4S. The molecule has 9 heteroatoms. The molecule has 0 aliphatic carbocycles. The summed E-state index contributed by atoms with van der Waals surface area (Å²) in [6.07, 6.45) is 0. The summed E-state index contributed by atoms with van der Waals surface area (Å²) in [6, 6.07) is 14.9. The van der Waals surface area contributed by atoms with E-state index in [1.807, 2.05) is 30.3 Å². The Kier molecular flexibility index (Phi) is 6.82. The Balaban J connectivity index is 1.55. The van der Waals surface area contributed by atoms with Gasteiger partial charge in [0.15, 0.2) is 0 Å². The smallest absolute Gasteiger partial charge is 0.387 e. The van der Waals surface area contributed by atoms with Crippen molar-refractivity contribution in [2.75, 3.05) is 39.3 Å². The first-order valence-corrected chi connectivity index (χ1v) is 10.3. The first-order valence-electron chi connectivity index (χ1n) is 8.91. The van der Waals surface area contributed by atoms with Gasteiger partial charge in [0.1, 0.15) is 23.0 Å². The van der Waals surface area contributed by atoms with Crippen molar-refractivity contribution in [2.45, 2.75) is 11.5 Å². The maximum Gasteiger partial charge on any atom is 0.387 e. The summed E-state index contributed by atoms with van der Waals surface area (Å²) in [4.78, 5) is 1.87. The number of para-hydroxylation sites is 2. The SMILES string of the molecule is O=S(=O)(c1ccccc1OC(F)F)N1CCN(CCOc2ccccc2)CC1. The molecule has 1 aliphatic rings. The molecule has 0 unspecified atom stereocenters. The van der Waals surface area contributed by atoms with Crippen molar-refractivity contribution in [2.24, 2.45) is 0 Å². The summed E-state index contributed by atoms with van der Waals surface area (Å²) < 4.78 is 62.2. The molecule has 1 heterocycles. The average molecular weight is 412 g/mol.